The molecule has 0 fully saturated rings. The molecule has 11 heteroatoms. The van der Waals surface area contributed by atoms with Crippen molar-refractivity contribution in [2.45, 2.75) is 24.9 Å². The largest absolute Gasteiger partial charge is 0.453 e. The van der Waals surface area contributed by atoms with Crippen LogP contribution in [0.15, 0.2) is 29.2 Å². The standard InChI is InChI=1S/C15H13F3N4O3S/c1-8-9(2)13(21-22-12(8)19-20-14(22)15(16,17)18)25-10-4-6-11(7-5-10)26(3,23)24/h4-7H,1-3H3. The summed E-state index contributed by atoms with van der Waals surface area (Å²) in [4.78, 5) is 0.0966. The minimum absolute atomic E-state index is 0.0189. The van der Waals surface area contributed by atoms with Gasteiger partial charge in [0.2, 0.25) is 5.88 Å². The van der Waals surface area contributed by atoms with Crippen LogP contribution in [-0.4, -0.2) is 34.5 Å². The van der Waals surface area contributed by atoms with Crippen LogP contribution in [-0.2, 0) is 16.0 Å². The normalized spacial score (nSPS) is 12.5. The minimum Gasteiger partial charge on any atom is -0.437 e. The van der Waals surface area contributed by atoms with Crippen molar-refractivity contribution >= 4 is 15.5 Å². The molecular formula is C15H13F3N4O3S. The summed E-state index contributed by atoms with van der Waals surface area (Å²) < 4.78 is 68.2. The summed E-state index contributed by atoms with van der Waals surface area (Å²) in [7, 11) is -3.37. The van der Waals surface area contributed by atoms with Gasteiger partial charge >= 0.3 is 6.18 Å². The zero-order valence-electron chi connectivity index (χ0n) is 13.9. The summed E-state index contributed by atoms with van der Waals surface area (Å²) in [6.45, 7) is 3.21. The van der Waals surface area contributed by atoms with Gasteiger partial charge < -0.3 is 4.74 Å². The van der Waals surface area contributed by atoms with Gasteiger partial charge in [0, 0.05) is 17.4 Å². The number of benzene rings is 1. The van der Waals surface area contributed by atoms with E-state index in [1.54, 1.807) is 13.8 Å². The first-order chi connectivity index (χ1) is 12.0. The Morgan fingerprint density at radius 3 is 2.19 bits per heavy atom. The van der Waals surface area contributed by atoms with Crippen LogP contribution in [0.3, 0.4) is 0 Å². The number of aromatic nitrogens is 4. The molecule has 0 bridgehead atoms. The van der Waals surface area contributed by atoms with Gasteiger partial charge in [-0.15, -0.1) is 15.3 Å². The van der Waals surface area contributed by atoms with Crippen molar-refractivity contribution in [1.29, 1.82) is 0 Å². The Hall–Kier alpha value is -2.69. The van der Waals surface area contributed by atoms with Crippen molar-refractivity contribution in [2.24, 2.45) is 0 Å². The summed E-state index contributed by atoms with van der Waals surface area (Å²) in [5.74, 6) is -1.09. The third kappa shape index (κ3) is 3.21. The van der Waals surface area contributed by atoms with Gasteiger partial charge in [-0.05, 0) is 38.1 Å². The van der Waals surface area contributed by atoms with Crippen LogP contribution in [0.1, 0.15) is 17.0 Å². The van der Waals surface area contributed by atoms with E-state index in [1.165, 1.54) is 24.3 Å². The quantitative estimate of drug-likeness (QED) is 0.688. The van der Waals surface area contributed by atoms with Crippen LogP contribution in [0.2, 0.25) is 0 Å². The molecule has 26 heavy (non-hydrogen) atoms. The Bertz CT molecular complexity index is 1090. The number of hydrogen-bond donors (Lipinski definition) is 0. The number of ether oxygens (including phenoxy) is 1. The number of sulfone groups is 1. The molecule has 2 heterocycles. The molecule has 0 aliphatic rings. The van der Waals surface area contributed by atoms with Gasteiger partial charge in [0.25, 0.3) is 5.82 Å². The van der Waals surface area contributed by atoms with E-state index in [1.807, 2.05) is 0 Å². The fourth-order valence-corrected chi connectivity index (χ4v) is 2.87. The lowest BCUT2D eigenvalue weighted by atomic mass is 10.2. The third-order valence-corrected chi connectivity index (χ3v) is 4.90. The summed E-state index contributed by atoms with van der Waals surface area (Å²) >= 11 is 0. The van der Waals surface area contributed by atoms with Crippen LogP contribution in [0.5, 0.6) is 11.6 Å². The summed E-state index contributed by atoms with van der Waals surface area (Å²) in [6.07, 6.45) is -3.65. The Morgan fingerprint density at radius 1 is 1.04 bits per heavy atom. The van der Waals surface area contributed by atoms with Gasteiger partial charge in [-0.2, -0.15) is 17.7 Å². The molecule has 7 nitrogen and oxygen atoms in total. The first kappa shape index (κ1) is 18.1. The second kappa shape index (κ2) is 5.94. The highest BCUT2D eigenvalue weighted by Gasteiger charge is 2.38. The molecule has 0 aliphatic carbocycles. The molecule has 0 saturated carbocycles. The van der Waals surface area contributed by atoms with Gasteiger partial charge in [0.1, 0.15) is 5.75 Å². The Morgan fingerprint density at radius 2 is 1.65 bits per heavy atom. The van der Waals surface area contributed by atoms with Gasteiger partial charge in [0.05, 0.1) is 4.90 Å². The lowest BCUT2D eigenvalue weighted by Gasteiger charge is -2.12. The van der Waals surface area contributed by atoms with E-state index in [0.717, 1.165) is 6.26 Å². The Balaban J connectivity index is 2.06. The molecule has 3 rings (SSSR count). The molecule has 138 valence electrons. The van der Waals surface area contributed by atoms with Crippen LogP contribution in [0.4, 0.5) is 13.2 Å². The number of alkyl halides is 3. The second-order valence-corrected chi connectivity index (χ2v) is 7.67. The Kier molecular flexibility index (Phi) is 4.14. The topological polar surface area (TPSA) is 86.5 Å². The molecule has 3 aromatic rings. The van der Waals surface area contributed by atoms with E-state index in [2.05, 4.69) is 15.3 Å². The lowest BCUT2D eigenvalue weighted by Crippen LogP contribution is -2.13. The van der Waals surface area contributed by atoms with Crippen molar-refractivity contribution in [3.05, 3.63) is 41.2 Å². The smallest absolute Gasteiger partial charge is 0.437 e. The highest BCUT2D eigenvalue weighted by molar-refractivity contribution is 7.90. The van der Waals surface area contributed by atoms with Crippen molar-refractivity contribution in [3.8, 4) is 11.6 Å². The van der Waals surface area contributed by atoms with Crippen LogP contribution < -0.4 is 4.74 Å². The van der Waals surface area contributed by atoms with Crippen LogP contribution in [0.25, 0.3) is 5.65 Å². The molecule has 0 N–H and O–H groups in total. The van der Waals surface area contributed by atoms with Gasteiger partial charge in [-0.1, -0.05) is 0 Å². The number of nitrogens with zero attached hydrogens (tertiary/aromatic N) is 4. The number of aryl methyl sites for hydroxylation is 1. The number of halogens is 3. The number of hydrogen-bond acceptors (Lipinski definition) is 6. The van der Waals surface area contributed by atoms with E-state index < -0.39 is 21.8 Å². The maximum absolute atomic E-state index is 13.0. The molecule has 0 atom stereocenters. The maximum atomic E-state index is 13.0. The van der Waals surface area contributed by atoms with E-state index >= 15 is 0 Å². The SMILES string of the molecule is Cc1c(Oc2ccc(S(C)(=O)=O)cc2)nn2c(C(F)(F)F)nnc2c1C. The number of rotatable bonds is 3. The van der Waals surface area contributed by atoms with Crippen molar-refractivity contribution in [3.63, 3.8) is 0 Å². The molecular weight excluding hydrogens is 373 g/mol. The minimum atomic E-state index is -4.72. The lowest BCUT2D eigenvalue weighted by molar-refractivity contribution is -0.146. The average molecular weight is 386 g/mol. The Labute approximate surface area is 146 Å². The molecule has 0 aliphatic heterocycles. The van der Waals surface area contributed by atoms with Crippen LogP contribution in [0, 0.1) is 13.8 Å². The molecule has 0 spiro atoms. The fourth-order valence-electron chi connectivity index (χ4n) is 2.24. The van der Waals surface area contributed by atoms with Gasteiger partial charge in [-0.3, -0.25) is 0 Å². The van der Waals surface area contributed by atoms with Crippen LogP contribution >= 0.6 is 0 Å². The van der Waals surface area contributed by atoms with Crippen molar-refractivity contribution < 1.29 is 26.3 Å². The van der Waals surface area contributed by atoms with E-state index in [-0.39, 0.29) is 22.2 Å². The molecule has 0 radical (unpaired) electrons. The second-order valence-electron chi connectivity index (χ2n) is 5.66. The average Bonchev–Trinajstić information content (AvgIpc) is 2.96. The zero-order chi connectivity index (χ0) is 19.3. The first-order valence-electron chi connectivity index (χ1n) is 7.26. The van der Waals surface area contributed by atoms with E-state index in [0.29, 0.717) is 15.6 Å². The molecule has 0 amide bonds. The summed E-state index contributed by atoms with van der Waals surface area (Å²) in [5, 5.41) is 10.6. The van der Waals surface area contributed by atoms with Crippen molar-refractivity contribution in [1.82, 2.24) is 19.8 Å². The van der Waals surface area contributed by atoms with Gasteiger partial charge in [-0.25, -0.2) is 8.42 Å². The predicted molar refractivity (Wildman–Crippen MR) is 84.9 cm³/mol. The predicted octanol–water partition coefficient (Wildman–Crippen LogP) is 2.96. The number of fused-ring (bicyclic) bond motifs is 1. The fraction of sp³-hybridized carbons (Fsp3) is 0.267. The monoisotopic (exact) mass is 386 g/mol. The molecule has 0 saturated heterocycles. The third-order valence-electron chi connectivity index (χ3n) is 3.77. The first-order valence-corrected chi connectivity index (χ1v) is 9.15. The van der Waals surface area contributed by atoms with E-state index in [9.17, 15) is 21.6 Å². The maximum Gasteiger partial charge on any atom is 0.453 e. The molecule has 0 unspecified atom stereocenters. The zero-order valence-corrected chi connectivity index (χ0v) is 14.7. The van der Waals surface area contributed by atoms with E-state index in [4.69, 9.17) is 4.74 Å². The highest BCUT2D eigenvalue weighted by Crippen LogP contribution is 2.31. The molecule has 1 aromatic carbocycles. The summed E-state index contributed by atoms with van der Waals surface area (Å²) in [5.41, 5.74) is 0.908. The van der Waals surface area contributed by atoms with Crippen molar-refractivity contribution in [2.75, 3.05) is 6.26 Å². The highest BCUT2D eigenvalue weighted by atomic mass is 32.2. The summed E-state index contributed by atoms with van der Waals surface area (Å²) in [6, 6.07) is 5.47. The molecule has 2 aromatic heterocycles. The van der Waals surface area contributed by atoms with Gasteiger partial charge in [0.15, 0.2) is 15.5 Å².